The van der Waals surface area contributed by atoms with E-state index in [9.17, 15) is 18.3 Å². The number of methoxy groups -OCH3 is 1. The molecule has 1 fully saturated rings. The number of esters is 1. The predicted molar refractivity (Wildman–Crippen MR) is 77.8 cm³/mol. The third-order valence-electron chi connectivity index (χ3n) is 3.47. The molecule has 122 valence electrons. The molecule has 0 bridgehead atoms. The fourth-order valence-electron chi connectivity index (χ4n) is 2.37. The van der Waals surface area contributed by atoms with Crippen LogP contribution in [0.4, 0.5) is 0 Å². The van der Waals surface area contributed by atoms with Crippen LogP contribution in [-0.2, 0) is 24.3 Å². The lowest BCUT2D eigenvalue weighted by Gasteiger charge is -2.29. The molecule has 1 aromatic rings. The van der Waals surface area contributed by atoms with Crippen LogP contribution in [0.2, 0.25) is 0 Å². The van der Waals surface area contributed by atoms with E-state index >= 15 is 0 Å². The predicted octanol–water partition coefficient (Wildman–Crippen LogP) is 0.781. The van der Waals surface area contributed by atoms with E-state index in [2.05, 4.69) is 9.46 Å². The second kappa shape index (κ2) is 7.08. The number of phenolic OH excluding ortho intramolecular Hbond substituents is 1. The van der Waals surface area contributed by atoms with Crippen molar-refractivity contribution in [1.82, 2.24) is 4.72 Å². The molecule has 2 rings (SSSR count). The number of rotatable bonds is 5. The van der Waals surface area contributed by atoms with Crippen molar-refractivity contribution in [1.29, 1.82) is 0 Å². The third-order valence-corrected chi connectivity index (χ3v) is 5.03. The number of hydrogen-bond donors (Lipinski definition) is 2. The van der Waals surface area contributed by atoms with E-state index < -0.39 is 16.0 Å². The van der Waals surface area contributed by atoms with Crippen LogP contribution in [0.25, 0.3) is 0 Å². The fourth-order valence-corrected chi connectivity index (χ4v) is 3.75. The Morgan fingerprint density at radius 2 is 2.18 bits per heavy atom. The number of phenols is 1. The molecule has 2 atom stereocenters. The Labute approximate surface area is 129 Å². The van der Waals surface area contributed by atoms with Gasteiger partial charge in [0.25, 0.3) is 0 Å². The summed E-state index contributed by atoms with van der Waals surface area (Å²) in [5.41, 5.74) is 0. The summed E-state index contributed by atoms with van der Waals surface area (Å²) in [7, 11) is -2.52. The largest absolute Gasteiger partial charge is 0.507 e. The SMILES string of the molecule is COC(=O)CC1CC(NS(=O)(=O)c2ccccc2O)CCO1. The number of hydrogen-bond acceptors (Lipinski definition) is 6. The summed E-state index contributed by atoms with van der Waals surface area (Å²) in [4.78, 5) is 11.1. The van der Waals surface area contributed by atoms with Crippen molar-refractivity contribution in [3.8, 4) is 5.75 Å². The molecular weight excluding hydrogens is 310 g/mol. The topological polar surface area (TPSA) is 102 Å². The van der Waals surface area contributed by atoms with Crippen LogP contribution in [0.1, 0.15) is 19.3 Å². The Morgan fingerprint density at radius 3 is 2.86 bits per heavy atom. The van der Waals surface area contributed by atoms with Gasteiger partial charge in [0, 0.05) is 12.6 Å². The zero-order valence-corrected chi connectivity index (χ0v) is 13.0. The summed E-state index contributed by atoms with van der Waals surface area (Å²) in [6.07, 6.45) is 0.593. The molecule has 1 aromatic carbocycles. The number of carbonyl (C=O) groups excluding carboxylic acids is 1. The van der Waals surface area contributed by atoms with Crippen molar-refractivity contribution >= 4 is 16.0 Å². The van der Waals surface area contributed by atoms with Gasteiger partial charge in [-0.15, -0.1) is 0 Å². The summed E-state index contributed by atoms with van der Waals surface area (Å²) < 4.78 is 37.2. The normalized spacial score (nSPS) is 22.2. The second-order valence-corrected chi connectivity index (χ2v) is 6.77. The maximum absolute atomic E-state index is 12.3. The Kier molecular flexibility index (Phi) is 5.38. The van der Waals surface area contributed by atoms with E-state index in [4.69, 9.17) is 4.74 Å². The van der Waals surface area contributed by atoms with E-state index in [1.807, 2.05) is 0 Å². The van der Waals surface area contributed by atoms with Crippen LogP contribution in [0.5, 0.6) is 5.75 Å². The molecule has 1 aliphatic rings. The van der Waals surface area contributed by atoms with Crippen molar-refractivity contribution in [2.75, 3.05) is 13.7 Å². The van der Waals surface area contributed by atoms with E-state index in [1.165, 1.54) is 19.2 Å². The van der Waals surface area contributed by atoms with Gasteiger partial charge in [-0.2, -0.15) is 0 Å². The van der Waals surface area contributed by atoms with Crippen LogP contribution >= 0.6 is 0 Å². The summed E-state index contributed by atoms with van der Waals surface area (Å²) >= 11 is 0. The number of ether oxygens (including phenoxy) is 2. The van der Waals surface area contributed by atoms with Crippen LogP contribution < -0.4 is 4.72 Å². The molecule has 1 aliphatic heterocycles. The van der Waals surface area contributed by atoms with Gasteiger partial charge in [-0.25, -0.2) is 13.1 Å². The highest BCUT2D eigenvalue weighted by Gasteiger charge is 2.29. The number of aromatic hydroxyl groups is 1. The van der Waals surface area contributed by atoms with E-state index in [0.29, 0.717) is 19.4 Å². The van der Waals surface area contributed by atoms with E-state index in [0.717, 1.165) is 0 Å². The van der Waals surface area contributed by atoms with Crippen molar-refractivity contribution in [3.05, 3.63) is 24.3 Å². The zero-order chi connectivity index (χ0) is 16.2. The molecule has 8 heteroatoms. The lowest BCUT2D eigenvalue weighted by Crippen LogP contribution is -2.42. The highest BCUT2D eigenvalue weighted by Crippen LogP contribution is 2.24. The van der Waals surface area contributed by atoms with Gasteiger partial charge >= 0.3 is 5.97 Å². The highest BCUT2D eigenvalue weighted by atomic mass is 32.2. The monoisotopic (exact) mass is 329 g/mol. The Balaban J connectivity index is 2.03. The molecule has 0 spiro atoms. The molecular formula is C14H19NO6S. The number of sulfonamides is 1. The Hall–Kier alpha value is -1.64. The van der Waals surface area contributed by atoms with Crippen LogP contribution in [0, 0.1) is 0 Å². The fraction of sp³-hybridized carbons (Fsp3) is 0.500. The van der Waals surface area contributed by atoms with Gasteiger partial charge in [0.2, 0.25) is 10.0 Å². The van der Waals surface area contributed by atoms with Gasteiger partial charge in [0.15, 0.2) is 0 Å². The van der Waals surface area contributed by atoms with Gasteiger partial charge in [-0.05, 0) is 25.0 Å². The van der Waals surface area contributed by atoms with Gasteiger partial charge in [0.1, 0.15) is 10.6 Å². The Morgan fingerprint density at radius 1 is 1.45 bits per heavy atom. The van der Waals surface area contributed by atoms with Gasteiger partial charge in [-0.1, -0.05) is 12.1 Å². The third kappa shape index (κ3) is 4.19. The average molecular weight is 329 g/mol. The van der Waals surface area contributed by atoms with Gasteiger partial charge in [-0.3, -0.25) is 4.79 Å². The first-order valence-electron chi connectivity index (χ1n) is 6.91. The molecule has 2 N–H and O–H groups in total. The van der Waals surface area contributed by atoms with Crippen molar-refractivity contribution in [2.24, 2.45) is 0 Å². The van der Waals surface area contributed by atoms with Crippen LogP contribution in [0.15, 0.2) is 29.2 Å². The zero-order valence-electron chi connectivity index (χ0n) is 12.2. The first kappa shape index (κ1) is 16.7. The molecule has 0 aliphatic carbocycles. The van der Waals surface area contributed by atoms with Crippen LogP contribution in [-0.4, -0.2) is 45.4 Å². The molecule has 0 saturated carbocycles. The molecule has 0 radical (unpaired) electrons. The lowest BCUT2D eigenvalue weighted by atomic mass is 10.0. The number of nitrogens with one attached hydrogen (secondary N) is 1. The molecule has 0 amide bonds. The minimum Gasteiger partial charge on any atom is -0.507 e. The van der Waals surface area contributed by atoms with Crippen molar-refractivity contribution in [2.45, 2.75) is 36.3 Å². The maximum atomic E-state index is 12.3. The first-order chi connectivity index (χ1) is 10.4. The molecule has 0 aromatic heterocycles. The second-order valence-electron chi connectivity index (χ2n) is 5.08. The smallest absolute Gasteiger partial charge is 0.308 e. The molecule has 1 saturated heterocycles. The Bertz CT molecular complexity index is 630. The molecule has 7 nitrogen and oxygen atoms in total. The number of benzene rings is 1. The van der Waals surface area contributed by atoms with Gasteiger partial charge < -0.3 is 14.6 Å². The van der Waals surface area contributed by atoms with Crippen molar-refractivity contribution < 1.29 is 27.8 Å². The molecule has 22 heavy (non-hydrogen) atoms. The van der Waals surface area contributed by atoms with Crippen LogP contribution in [0.3, 0.4) is 0 Å². The van der Waals surface area contributed by atoms with Gasteiger partial charge in [0.05, 0.1) is 19.6 Å². The summed E-state index contributed by atoms with van der Waals surface area (Å²) in [6, 6.07) is 5.39. The number of carbonyl (C=O) groups is 1. The molecule has 1 heterocycles. The van der Waals surface area contributed by atoms with E-state index in [1.54, 1.807) is 12.1 Å². The van der Waals surface area contributed by atoms with Crippen molar-refractivity contribution in [3.63, 3.8) is 0 Å². The minimum atomic E-state index is -3.82. The minimum absolute atomic E-state index is 0.0886. The average Bonchev–Trinajstić information content (AvgIpc) is 2.47. The quantitative estimate of drug-likeness (QED) is 0.774. The standard InChI is InChI=1S/C14H19NO6S/c1-20-14(17)9-11-8-10(6-7-21-11)15-22(18,19)13-5-3-2-4-12(13)16/h2-5,10-11,15-16H,6-9H2,1H3. The van der Waals surface area contributed by atoms with E-state index in [-0.39, 0.29) is 29.2 Å². The summed E-state index contributed by atoms with van der Waals surface area (Å²) in [5, 5.41) is 9.67. The summed E-state index contributed by atoms with van der Waals surface area (Å²) in [6.45, 7) is 0.357. The summed E-state index contributed by atoms with van der Waals surface area (Å²) in [5.74, 6) is -0.692. The number of para-hydroxylation sites is 1. The maximum Gasteiger partial charge on any atom is 0.308 e. The highest BCUT2D eigenvalue weighted by molar-refractivity contribution is 7.89. The first-order valence-corrected chi connectivity index (χ1v) is 8.39. The lowest BCUT2D eigenvalue weighted by molar-refractivity contribution is -0.144. The molecule has 2 unspecified atom stereocenters.